The Morgan fingerprint density at radius 3 is 2.24 bits per heavy atom. The second kappa shape index (κ2) is 7.70. The lowest BCUT2D eigenvalue weighted by Gasteiger charge is -2.37. The van der Waals surface area contributed by atoms with Crippen molar-refractivity contribution in [2.75, 3.05) is 19.7 Å². The molecule has 0 bridgehead atoms. The van der Waals surface area contributed by atoms with Gasteiger partial charge < -0.3 is 15.4 Å². The second-order valence-electron chi connectivity index (χ2n) is 6.93. The fourth-order valence-electron chi connectivity index (χ4n) is 3.27. The van der Waals surface area contributed by atoms with Crippen LogP contribution in [-0.2, 0) is 10.3 Å². The highest BCUT2D eigenvalue weighted by Crippen LogP contribution is 2.25. The van der Waals surface area contributed by atoms with E-state index in [-0.39, 0.29) is 5.91 Å². The second-order valence-corrected chi connectivity index (χ2v) is 6.93. The number of carbonyl (C=O) groups excluding carboxylic acids is 1. The number of likely N-dealkylation sites (tertiary alicyclic amines) is 1. The molecular formula is C21H26N2O2. The molecule has 0 aromatic heterocycles. The molecular weight excluding hydrogens is 312 g/mol. The van der Waals surface area contributed by atoms with Crippen LogP contribution in [0.2, 0.25) is 0 Å². The molecule has 0 aliphatic carbocycles. The predicted octanol–water partition coefficient (Wildman–Crippen LogP) is 3.18. The molecule has 1 amide bonds. The first kappa shape index (κ1) is 17.5. The van der Waals surface area contributed by atoms with Gasteiger partial charge in [0.1, 0.15) is 11.3 Å². The Kier molecular flexibility index (Phi) is 5.39. The van der Waals surface area contributed by atoms with Gasteiger partial charge in [-0.25, -0.2) is 0 Å². The van der Waals surface area contributed by atoms with Crippen LogP contribution in [0.5, 0.6) is 5.75 Å². The van der Waals surface area contributed by atoms with Crippen LogP contribution in [0.4, 0.5) is 0 Å². The van der Waals surface area contributed by atoms with Crippen LogP contribution in [0.1, 0.15) is 25.3 Å². The number of nitrogens with two attached hydrogens (primary N) is 1. The van der Waals surface area contributed by atoms with E-state index in [1.807, 2.05) is 65.6 Å². The Morgan fingerprint density at radius 1 is 1.08 bits per heavy atom. The molecule has 4 nitrogen and oxygen atoms in total. The number of rotatable bonds is 5. The van der Waals surface area contributed by atoms with Crippen molar-refractivity contribution >= 4 is 5.91 Å². The van der Waals surface area contributed by atoms with Crippen LogP contribution in [0.15, 0.2) is 60.7 Å². The van der Waals surface area contributed by atoms with E-state index in [0.29, 0.717) is 12.5 Å². The number of ether oxygens (including phenoxy) is 1. The lowest BCUT2D eigenvalue weighted by atomic mass is 9.89. The first-order chi connectivity index (χ1) is 12.1. The molecule has 1 heterocycles. The van der Waals surface area contributed by atoms with E-state index in [1.165, 1.54) is 0 Å². The van der Waals surface area contributed by atoms with E-state index < -0.39 is 5.54 Å². The van der Waals surface area contributed by atoms with Crippen LogP contribution in [-0.4, -0.2) is 30.5 Å². The van der Waals surface area contributed by atoms with E-state index in [0.717, 1.165) is 37.2 Å². The van der Waals surface area contributed by atoms with Gasteiger partial charge in [0.05, 0.1) is 6.61 Å². The topological polar surface area (TPSA) is 55.6 Å². The molecule has 132 valence electrons. The van der Waals surface area contributed by atoms with Crippen molar-refractivity contribution in [3.63, 3.8) is 0 Å². The van der Waals surface area contributed by atoms with Crippen molar-refractivity contribution in [3.05, 3.63) is 66.2 Å². The van der Waals surface area contributed by atoms with Crippen molar-refractivity contribution in [3.8, 4) is 5.75 Å². The number of piperidine rings is 1. The van der Waals surface area contributed by atoms with Crippen LogP contribution >= 0.6 is 0 Å². The summed E-state index contributed by atoms with van der Waals surface area (Å²) in [6.45, 7) is 3.97. The largest absolute Gasteiger partial charge is 0.493 e. The highest BCUT2D eigenvalue weighted by molar-refractivity contribution is 5.87. The number of nitrogens with zero attached hydrogens (tertiary/aromatic N) is 1. The molecule has 0 radical (unpaired) electrons. The van der Waals surface area contributed by atoms with E-state index >= 15 is 0 Å². The monoisotopic (exact) mass is 338 g/mol. The minimum Gasteiger partial charge on any atom is -0.493 e. The molecule has 1 aliphatic rings. The first-order valence-electron chi connectivity index (χ1n) is 8.89. The molecule has 1 aliphatic heterocycles. The van der Waals surface area contributed by atoms with Gasteiger partial charge in [-0.1, -0.05) is 48.5 Å². The number of para-hydroxylation sites is 1. The zero-order valence-electron chi connectivity index (χ0n) is 14.7. The molecule has 2 aromatic rings. The first-order valence-corrected chi connectivity index (χ1v) is 8.89. The molecule has 0 spiro atoms. The standard InChI is InChI=1S/C21H26N2O2/c1-21(22,18-8-4-2-5-9-18)20(24)23-14-12-17(13-15-23)16-25-19-10-6-3-7-11-19/h2-11,17H,12-16,22H2,1H3. The summed E-state index contributed by atoms with van der Waals surface area (Å²) in [5.41, 5.74) is 6.24. The molecule has 4 heteroatoms. The molecule has 2 aromatic carbocycles. The quantitative estimate of drug-likeness (QED) is 0.911. The summed E-state index contributed by atoms with van der Waals surface area (Å²) in [6.07, 6.45) is 1.90. The van der Waals surface area contributed by atoms with Gasteiger partial charge in [-0.15, -0.1) is 0 Å². The number of benzene rings is 2. The molecule has 0 saturated carbocycles. The Hall–Kier alpha value is -2.33. The molecule has 1 saturated heterocycles. The maximum Gasteiger partial charge on any atom is 0.246 e. The van der Waals surface area contributed by atoms with E-state index in [1.54, 1.807) is 6.92 Å². The fraction of sp³-hybridized carbons (Fsp3) is 0.381. The Balaban J connectivity index is 1.52. The Labute approximate surface area is 149 Å². The molecule has 1 unspecified atom stereocenters. The van der Waals surface area contributed by atoms with Crippen LogP contribution < -0.4 is 10.5 Å². The third-order valence-corrected chi connectivity index (χ3v) is 4.95. The molecule has 2 N–H and O–H groups in total. The summed E-state index contributed by atoms with van der Waals surface area (Å²) >= 11 is 0. The highest BCUT2D eigenvalue weighted by atomic mass is 16.5. The minimum absolute atomic E-state index is 0.00104. The lowest BCUT2D eigenvalue weighted by molar-refractivity contribution is -0.138. The summed E-state index contributed by atoms with van der Waals surface area (Å²) in [4.78, 5) is 14.8. The van der Waals surface area contributed by atoms with Gasteiger partial charge in [-0.3, -0.25) is 4.79 Å². The van der Waals surface area contributed by atoms with Crippen molar-refractivity contribution in [1.82, 2.24) is 4.90 Å². The summed E-state index contributed by atoms with van der Waals surface area (Å²) in [5, 5.41) is 0. The Bertz CT molecular complexity index is 678. The summed E-state index contributed by atoms with van der Waals surface area (Å²) in [5.74, 6) is 1.38. The van der Waals surface area contributed by atoms with Crippen molar-refractivity contribution < 1.29 is 9.53 Å². The number of hydrogen-bond donors (Lipinski definition) is 1. The van der Waals surface area contributed by atoms with Crippen molar-refractivity contribution in [1.29, 1.82) is 0 Å². The van der Waals surface area contributed by atoms with Gasteiger partial charge in [0.25, 0.3) is 0 Å². The maximum atomic E-state index is 12.9. The SMILES string of the molecule is CC(N)(C(=O)N1CCC(COc2ccccc2)CC1)c1ccccc1. The van der Waals surface area contributed by atoms with E-state index in [9.17, 15) is 4.79 Å². The molecule has 1 atom stereocenters. The van der Waals surface area contributed by atoms with Crippen LogP contribution in [0.3, 0.4) is 0 Å². The van der Waals surface area contributed by atoms with Gasteiger partial charge in [-0.2, -0.15) is 0 Å². The average Bonchev–Trinajstić information content (AvgIpc) is 2.68. The third-order valence-electron chi connectivity index (χ3n) is 4.95. The van der Waals surface area contributed by atoms with Gasteiger partial charge >= 0.3 is 0 Å². The van der Waals surface area contributed by atoms with Gasteiger partial charge in [-0.05, 0) is 43.4 Å². The Morgan fingerprint density at radius 2 is 1.64 bits per heavy atom. The maximum absolute atomic E-state index is 12.9. The normalized spacial score (nSPS) is 17.8. The number of amides is 1. The zero-order valence-corrected chi connectivity index (χ0v) is 14.7. The number of hydrogen-bond acceptors (Lipinski definition) is 3. The van der Waals surface area contributed by atoms with Gasteiger partial charge in [0.15, 0.2) is 0 Å². The summed E-state index contributed by atoms with van der Waals surface area (Å²) in [7, 11) is 0. The van der Waals surface area contributed by atoms with Crippen LogP contribution in [0.25, 0.3) is 0 Å². The smallest absolute Gasteiger partial charge is 0.246 e. The van der Waals surface area contributed by atoms with Crippen molar-refractivity contribution in [2.24, 2.45) is 11.7 Å². The van der Waals surface area contributed by atoms with Crippen LogP contribution in [0, 0.1) is 5.92 Å². The van der Waals surface area contributed by atoms with E-state index in [4.69, 9.17) is 10.5 Å². The predicted molar refractivity (Wildman–Crippen MR) is 99.2 cm³/mol. The average molecular weight is 338 g/mol. The fourth-order valence-corrected chi connectivity index (χ4v) is 3.27. The zero-order chi connectivity index (χ0) is 17.7. The number of carbonyl (C=O) groups is 1. The van der Waals surface area contributed by atoms with Gasteiger partial charge in [0.2, 0.25) is 5.91 Å². The highest BCUT2D eigenvalue weighted by Gasteiger charge is 2.36. The summed E-state index contributed by atoms with van der Waals surface area (Å²) in [6, 6.07) is 19.5. The molecule has 3 rings (SSSR count). The van der Waals surface area contributed by atoms with Gasteiger partial charge in [0, 0.05) is 13.1 Å². The molecule has 1 fully saturated rings. The lowest BCUT2D eigenvalue weighted by Crippen LogP contribution is -2.53. The molecule has 25 heavy (non-hydrogen) atoms. The minimum atomic E-state index is -0.978. The third kappa shape index (κ3) is 4.20. The van der Waals surface area contributed by atoms with E-state index in [2.05, 4.69) is 0 Å². The van der Waals surface area contributed by atoms with Crippen molar-refractivity contribution in [2.45, 2.75) is 25.3 Å². The summed E-state index contributed by atoms with van der Waals surface area (Å²) < 4.78 is 5.85.